The van der Waals surface area contributed by atoms with Gasteiger partial charge in [-0.05, 0) is 55.7 Å². The Bertz CT molecular complexity index is 1100. The van der Waals surface area contributed by atoms with Crippen molar-refractivity contribution in [2.45, 2.75) is 24.7 Å². The maximum atomic E-state index is 12.9. The molecule has 0 aliphatic carbocycles. The van der Waals surface area contributed by atoms with E-state index < -0.39 is 20.0 Å². The lowest BCUT2D eigenvalue weighted by molar-refractivity contribution is 0.403. The van der Waals surface area contributed by atoms with Gasteiger partial charge in [-0.15, -0.1) is 0 Å². The molecule has 0 fully saturated rings. The van der Waals surface area contributed by atoms with E-state index in [4.69, 9.17) is 16.3 Å². The highest BCUT2D eigenvalue weighted by Crippen LogP contribution is 2.34. The SMILES string of the molecule is CCS(=O)(=O)N1CCCc2ccc(NS(=O)(=O)c3cc(Cl)ccc3OC)cc21. The topological polar surface area (TPSA) is 92.8 Å². The van der Waals surface area contributed by atoms with Crippen molar-refractivity contribution in [1.29, 1.82) is 0 Å². The van der Waals surface area contributed by atoms with Gasteiger partial charge in [0.2, 0.25) is 10.0 Å². The third-order valence-corrected chi connectivity index (χ3v) is 7.95. The van der Waals surface area contributed by atoms with Gasteiger partial charge in [0, 0.05) is 11.6 Å². The molecule has 2 aromatic rings. The number of nitrogens with zero attached hydrogens (tertiary/aromatic N) is 1. The molecule has 0 aromatic heterocycles. The molecule has 0 spiro atoms. The Morgan fingerprint density at radius 1 is 1.14 bits per heavy atom. The van der Waals surface area contributed by atoms with Gasteiger partial charge in [0.15, 0.2) is 0 Å². The normalized spacial score (nSPS) is 14.5. The minimum absolute atomic E-state index is 0.0257. The predicted molar refractivity (Wildman–Crippen MR) is 110 cm³/mol. The van der Waals surface area contributed by atoms with Gasteiger partial charge in [-0.3, -0.25) is 9.03 Å². The van der Waals surface area contributed by atoms with Crippen molar-refractivity contribution < 1.29 is 21.6 Å². The molecule has 1 N–H and O–H groups in total. The quantitative estimate of drug-likeness (QED) is 0.738. The molecule has 0 radical (unpaired) electrons. The van der Waals surface area contributed by atoms with Gasteiger partial charge in [-0.2, -0.15) is 0 Å². The summed E-state index contributed by atoms with van der Waals surface area (Å²) in [7, 11) is -6.07. The Morgan fingerprint density at radius 2 is 1.89 bits per heavy atom. The summed E-state index contributed by atoms with van der Waals surface area (Å²) in [5, 5.41) is 0.256. The lowest BCUT2D eigenvalue weighted by Crippen LogP contribution is -2.36. The standard InChI is InChI=1S/C18H21ClN2O5S2/c1-3-27(22,23)21-10-4-5-13-6-8-15(12-16(13)21)20-28(24,25)18-11-14(19)7-9-17(18)26-2/h6-9,11-12,20H,3-5,10H2,1-2H3. The van der Waals surface area contributed by atoms with Crippen LogP contribution in [0, 0.1) is 0 Å². The number of fused-ring (bicyclic) bond motifs is 1. The van der Waals surface area contributed by atoms with Crippen molar-refractivity contribution in [3.05, 3.63) is 47.0 Å². The van der Waals surface area contributed by atoms with Crippen LogP contribution in [0.1, 0.15) is 18.9 Å². The van der Waals surface area contributed by atoms with Crippen molar-refractivity contribution in [2.24, 2.45) is 0 Å². The van der Waals surface area contributed by atoms with E-state index in [-0.39, 0.29) is 27.1 Å². The average molecular weight is 445 g/mol. The summed E-state index contributed by atoms with van der Waals surface area (Å²) in [6, 6.07) is 9.23. The van der Waals surface area contributed by atoms with Crippen LogP contribution in [0.4, 0.5) is 11.4 Å². The third-order valence-electron chi connectivity index (χ3n) is 4.53. The molecule has 0 amide bonds. The second-order valence-electron chi connectivity index (χ2n) is 6.32. The molecule has 1 aliphatic rings. The fourth-order valence-electron chi connectivity index (χ4n) is 3.12. The molecule has 0 saturated heterocycles. The Balaban J connectivity index is 2.00. The summed E-state index contributed by atoms with van der Waals surface area (Å²) >= 11 is 5.94. The number of benzene rings is 2. The highest BCUT2D eigenvalue weighted by Gasteiger charge is 2.27. The zero-order chi connectivity index (χ0) is 20.5. The number of halogens is 1. The maximum absolute atomic E-state index is 12.9. The summed E-state index contributed by atoms with van der Waals surface area (Å²) in [5.74, 6) is 0.132. The highest BCUT2D eigenvalue weighted by molar-refractivity contribution is 7.93. The lowest BCUT2D eigenvalue weighted by atomic mass is 10.0. The van der Waals surface area contributed by atoms with Gasteiger partial charge in [0.1, 0.15) is 10.6 Å². The summed E-state index contributed by atoms with van der Waals surface area (Å²) in [4.78, 5) is -0.0988. The largest absolute Gasteiger partial charge is 0.495 e. The lowest BCUT2D eigenvalue weighted by Gasteiger charge is -2.30. The summed E-state index contributed by atoms with van der Waals surface area (Å²) in [6.07, 6.45) is 1.46. The molecule has 0 bridgehead atoms. The number of nitrogens with one attached hydrogen (secondary N) is 1. The highest BCUT2D eigenvalue weighted by atomic mass is 35.5. The fourth-order valence-corrected chi connectivity index (χ4v) is 5.79. The molecule has 10 heteroatoms. The number of rotatable bonds is 6. The Kier molecular flexibility index (Phi) is 5.79. The molecule has 7 nitrogen and oxygen atoms in total. The van der Waals surface area contributed by atoms with Crippen LogP contribution in [-0.2, 0) is 26.5 Å². The van der Waals surface area contributed by atoms with Crippen LogP contribution < -0.4 is 13.8 Å². The number of aryl methyl sites for hydroxylation is 1. The van der Waals surface area contributed by atoms with E-state index in [1.165, 1.54) is 29.6 Å². The van der Waals surface area contributed by atoms with E-state index in [1.807, 2.05) is 0 Å². The van der Waals surface area contributed by atoms with Gasteiger partial charge in [0.25, 0.3) is 10.0 Å². The van der Waals surface area contributed by atoms with Crippen LogP contribution >= 0.6 is 11.6 Å². The molecule has 28 heavy (non-hydrogen) atoms. The van der Waals surface area contributed by atoms with Gasteiger partial charge in [-0.25, -0.2) is 16.8 Å². The van der Waals surface area contributed by atoms with Crippen molar-refractivity contribution in [2.75, 3.05) is 28.4 Å². The number of hydrogen-bond donors (Lipinski definition) is 1. The van der Waals surface area contributed by atoms with Crippen LogP contribution in [0.5, 0.6) is 5.75 Å². The molecule has 152 valence electrons. The molecule has 0 unspecified atom stereocenters. The van der Waals surface area contributed by atoms with E-state index in [2.05, 4.69) is 4.72 Å². The van der Waals surface area contributed by atoms with Crippen LogP contribution in [0.3, 0.4) is 0 Å². The zero-order valence-corrected chi connectivity index (χ0v) is 17.9. The fraction of sp³-hybridized carbons (Fsp3) is 0.333. The van der Waals surface area contributed by atoms with Crippen molar-refractivity contribution in [3.63, 3.8) is 0 Å². The predicted octanol–water partition coefficient (Wildman–Crippen LogP) is 3.25. The Labute approximate surface area is 170 Å². The monoisotopic (exact) mass is 444 g/mol. The van der Waals surface area contributed by atoms with E-state index in [0.29, 0.717) is 12.2 Å². The van der Waals surface area contributed by atoms with Crippen LogP contribution in [0.2, 0.25) is 5.02 Å². The van der Waals surface area contributed by atoms with E-state index >= 15 is 0 Å². The molecular formula is C18H21ClN2O5S2. The second kappa shape index (κ2) is 7.81. The van der Waals surface area contributed by atoms with Crippen LogP contribution in [0.15, 0.2) is 41.3 Å². The molecule has 0 saturated carbocycles. The molecular weight excluding hydrogens is 424 g/mol. The molecule has 0 atom stereocenters. The third kappa shape index (κ3) is 4.06. The minimum atomic E-state index is -3.99. The molecule has 2 aromatic carbocycles. The second-order valence-corrected chi connectivity index (χ2v) is 10.6. The first-order chi connectivity index (χ1) is 13.2. The summed E-state index contributed by atoms with van der Waals surface area (Å²) in [5.41, 5.74) is 1.64. The van der Waals surface area contributed by atoms with Crippen molar-refractivity contribution >= 4 is 43.0 Å². The van der Waals surface area contributed by atoms with E-state index in [9.17, 15) is 16.8 Å². The number of sulfonamides is 2. The molecule has 1 heterocycles. The molecule has 3 rings (SSSR count). The first kappa shape index (κ1) is 20.8. The van der Waals surface area contributed by atoms with Gasteiger partial charge >= 0.3 is 0 Å². The van der Waals surface area contributed by atoms with Gasteiger partial charge in [0.05, 0.1) is 24.2 Å². The Hall–Kier alpha value is -1.97. The van der Waals surface area contributed by atoms with E-state index in [1.54, 1.807) is 25.1 Å². The van der Waals surface area contributed by atoms with Crippen molar-refractivity contribution in [3.8, 4) is 5.75 Å². The molecule has 1 aliphatic heterocycles. The van der Waals surface area contributed by atoms with Gasteiger partial charge in [-0.1, -0.05) is 17.7 Å². The minimum Gasteiger partial charge on any atom is -0.495 e. The van der Waals surface area contributed by atoms with Gasteiger partial charge < -0.3 is 4.74 Å². The maximum Gasteiger partial charge on any atom is 0.265 e. The first-order valence-corrected chi connectivity index (χ1v) is 12.1. The Morgan fingerprint density at radius 3 is 2.57 bits per heavy atom. The summed E-state index contributed by atoms with van der Waals surface area (Å²) in [6.45, 7) is 1.96. The number of methoxy groups -OCH3 is 1. The first-order valence-electron chi connectivity index (χ1n) is 8.67. The van der Waals surface area contributed by atoms with Crippen LogP contribution in [-0.4, -0.2) is 36.2 Å². The number of ether oxygens (including phenoxy) is 1. The zero-order valence-electron chi connectivity index (χ0n) is 15.5. The van der Waals surface area contributed by atoms with E-state index in [0.717, 1.165) is 18.4 Å². The smallest absolute Gasteiger partial charge is 0.265 e. The van der Waals surface area contributed by atoms with Crippen LogP contribution in [0.25, 0.3) is 0 Å². The number of hydrogen-bond acceptors (Lipinski definition) is 5. The average Bonchev–Trinajstić information content (AvgIpc) is 2.67. The number of anilines is 2. The van der Waals surface area contributed by atoms with Crippen molar-refractivity contribution in [1.82, 2.24) is 0 Å². The summed E-state index contributed by atoms with van der Waals surface area (Å²) < 4.78 is 59.5.